The highest BCUT2D eigenvalue weighted by Gasteiger charge is 2.27. The zero-order valence-corrected chi connectivity index (χ0v) is 18.1. The molecule has 8 nitrogen and oxygen atoms in total. The lowest BCUT2D eigenvalue weighted by Gasteiger charge is -2.34. The Bertz CT molecular complexity index is 898. The summed E-state index contributed by atoms with van der Waals surface area (Å²) in [5.41, 5.74) is 3.87. The Kier molecular flexibility index (Phi) is 5.74. The minimum absolute atomic E-state index is 0.105. The van der Waals surface area contributed by atoms with Crippen LogP contribution in [0.4, 0.5) is 5.95 Å². The summed E-state index contributed by atoms with van der Waals surface area (Å²) in [5, 5.41) is 4.82. The summed E-state index contributed by atoms with van der Waals surface area (Å²) < 4.78 is 1.93. The first-order chi connectivity index (χ1) is 13.9. The van der Waals surface area contributed by atoms with Gasteiger partial charge in [0.1, 0.15) is 0 Å². The van der Waals surface area contributed by atoms with E-state index < -0.39 is 0 Å². The molecule has 156 valence electrons. The minimum Gasteiger partial charge on any atom is -0.341 e. The molecule has 2 aromatic rings. The molecule has 0 saturated carbocycles. The largest absolute Gasteiger partial charge is 0.341 e. The molecule has 2 aliphatic rings. The van der Waals surface area contributed by atoms with Crippen molar-refractivity contribution in [2.24, 2.45) is 7.05 Å². The number of halogens is 1. The molecule has 2 saturated heterocycles. The number of amides is 1. The van der Waals surface area contributed by atoms with E-state index in [0.29, 0.717) is 29.8 Å². The minimum atomic E-state index is -0.105. The molecular formula is C20H28ClN7O. The molecule has 0 aliphatic carbocycles. The molecule has 0 atom stereocenters. The van der Waals surface area contributed by atoms with Crippen LogP contribution >= 0.6 is 11.6 Å². The molecule has 0 bridgehead atoms. The van der Waals surface area contributed by atoms with Gasteiger partial charge in [0.25, 0.3) is 5.91 Å². The van der Waals surface area contributed by atoms with Crippen LogP contribution in [0.25, 0.3) is 0 Å². The Morgan fingerprint density at radius 3 is 2.41 bits per heavy atom. The van der Waals surface area contributed by atoms with Crippen LogP contribution in [0.3, 0.4) is 0 Å². The molecular weight excluding hydrogens is 390 g/mol. The van der Waals surface area contributed by atoms with E-state index in [4.69, 9.17) is 11.6 Å². The van der Waals surface area contributed by atoms with Gasteiger partial charge in [-0.05, 0) is 26.7 Å². The van der Waals surface area contributed by atoms with Crippen molar-refractivity contribution in [3.05, 3.63) is 33.9 Å². The molecule has 0 radical (unpaired) electrons. The van der Waals surface area contributed by atoms with Gasteiger partial charge in [0.2, 0.25) is 5.95 Å². The average molecular weight is 418 g/mol. The highest BCUT2D eigenvalue weighted by molar-refractivity contribution is 6.33. The Morgan fingerprint density at radius 2 is 1.79 bits per heavy atom. The highest BCUT2D eigenvalue weighted by Crippen LogP contribution is 2.22. The van der Waals surface area contributed by atoms with Gasteiger partial charge in [-0.15, -0.1) is 0 Å². The average Bonchev–Trinajstić information content (AvgIpc) is 3.33. The van der Waals surface area contributed by atoms with E-state index in [1.54, 1.807) is 6.20 Å². The maximum atomic E-state index is 13.1. The SMILES string of the molecule is Cc1nn(C)c(C)c1CN1CCN(C(=O)c2nc(N3CCCC3)ncc2Cl)CC1. The molecule has 9 heteroatoms. The van der Waals surface area contributed by atoms with Crippen molar-refractivity contribution in [1.82, 2.24) is 29.5 Å². The summed E-state index contributed by atoms with van der Waals surface area (Å²) in [6.07, 6.45) is 3.82. The first kappa shape index (κ1) is 20.1. The van der Waals surface area contributed by atoms with E-state index in [1.807, 2.05) is 16.6 Å². The molecule has 2 aliphatic heterocycles. The third kappa shape index (κ3) is 4.09. The second-order valence-electron chi connectivity index (χ2n) is 7.90. The van der Waals surface area contributed by atoms with Gasteiger partial charge in [0.15, 0.2) is 5.69 Å². The van der Waals surface area contributed by atoms with E-state index in [2.05, 4.69) is 38.7 Å². The second-order valence-corrected chi connectivity index (χ2v) is 8.31. The van der Waals surface area contributed by atoms with E-state index >= 15 is 0 Å². The number of hydrogen-bond donors (Lipinski definition) is 0. The Morgan fingerprint density at radius 1 is 1.10 bits per heavy atom. The quantitative estimate of drug-likeness (QED) is 0.758. The fraction of sp³-hybridized carbons (Fsp3) is 0.600. The lowest BCUT2D eigenvalue weighted by Crippen LogP contribution is -2.48. The second kappa shape index (κ2) is 8.28. The normalized spacial score (nSPS) is 17.9. The van der Waals surface area contributed by atoms with Gasteiger partial charge in [-0.25, -0.2) is 9.97 Å². The van der Waals surface area contributed by atoms with Gasteiger partial charge in [-0.1, -0.05) is 11.6 Å². The summed E-state index contributed by atoms with van der Waals surface area (Å²) in [5.74, 6) is 0.502. The van der Waals surface area contributed by atoms with E-state index in [1.165, 1.54) is 11.3 Å². The van der Waals surface area contributed by atoms with Crippen molar-refractivity contribution in [3.63, 3.8) is 0 Å². The summed E-state index contributed by atoms with van der Waals surface area (Å²) in [6.45, 7) is 9.85. The zero-order valence-electron chi connectivity index (χ0n) is 17.4. The van der Waals surface area contributed by atoms with Crippen LogP contribution in [0.1, 0.15) is 40.3 Å². The van der Waals surface area contributed by atoms with Crippen LogP contribution < -0.4 is 4.90 Å². The Hall–Kier alpha value is -2.19. The number of hydrogen-bond acceptors (Lipinski definition) is 6. The fourth-order valence-electron chi connectivity index (χ4n) is 4.11. The number of nitrogens with zero attached hydrogens (tertiary/aromatic N) is 7. The van der Waals surface area contributed by atoms with Crippen LogP contribution in [0.15, 0.2) is 6.20 Å². The fourth-order valence-corrected chi connectivity index (χ4v) is 4.28. The molecule has 2 aromatic heterocycles. The number of anilines is 1. The van der Waals surface area contributed by atoms with Gasteiger partial charge in [0, 0.05) is 64.1 Å². The Balaban J connectivity index is 1.41. The number of aromatic nitrogens is 4. The van der Waals surface area contributed by atoms with Crippen LogP contribution in [-0.2, 0) is 13.6 Å². The molecule has 0 unspecified atom stereocenters. The molecule has 4 heterocycles. The van der Waals surface area contributed by atoms with E-state index in [9.17, 15) is 4.79 Å². The van der Waals surface area contributed by atoms with Gasteiger partial charge < -0.3 is 9.80 Å². The summed E-state index contributed by atoms with van der Waals surface area (Å²) in [6, 6.07) is 0. The molecule has 0 spiro atoms. The highest BCUT2D eigenvalue weighted by atomic mass is 35.5. The van der Waals surface area contributed by atoms with Crippen molar-refractivity contribution < 1.29 is 4.79 Å². The van der Waals surface area contributed by atoms with Gasteiger partial charge >= 0.3 is 0 Å². The van der Waals surface area contributed by atoms with Crippen molar-refractivity contribution in [2.75, 3.05) is 44.2 Å². The number of piperazine rings is 1. The maximum absolute atomic E-state index is 13.1. The third-order valence-electron chi connectivity index (χ3n) is 6.02. The van der Waals surface area contributed by atoms with E-state index in [0.717, 1.165) is 51.3 Å². The number of carbonyl (C=O) groups excluding carboxylic acids is 1. The lowest BCUT2D eigenvalue weighted by atomic mass is 10.1. The van der Waals surface area contributed by atoms with Crippen molar-refractivity contribution in [2.45, 2.75) is 33.2 Å². The van der Waals surface area contributed by atoms with Crippen LogP contribution in [0, 0.1) is 13.8 Å². The first-order valence-corrected chi connectivity index (χ1v) is 10.6. The van der Waals surface area contributed by atoms with Crippen LogP contribution in [0.5, 0.6) is 0 Å². The van der Waals surface area contributed by atoms with E-state index in [-0.39, 0.29) is 5.91 Å². The Labute approximate surface area is 176 Å². The van der Waals surface area contributed by atoms with Gasteiger partial charge in [-0.2, -0.15) is 5.10 Å². The predicted molar refractivity (Wildman–Crippen MR) is 112 cm³/mol. The smallest absolute Gasteiger partial charge is 0.274 e. The lowest BCUT2D eigenvalue weighted by molar-refractivity contribution is 0.0622. The summed E-state index contributed by atoms with van der Waals surface area (Å²) >= 11 is 6.28. The number of carbonyl (C=O) groups is 1. The zero-order chi connectivity index (χ0) is 20.5. The molecule has 0 aromatic carbocycles. The molecule has 29 heavy (non-hydrogen) atoms. The predicted octanol–water partition coefficient (Wildman–Crippen LogP) is 2.04. The maximum Gasteiger partial charge on any atom is 0.274 e. The third-order valence-corrected chi connectivity index (χ3v) is 6.30. The molecule has 2 fully saturated rings. The topological polar surface area (TPSA) is 70.4 Å². The van der Waals surface area contributed by atoms with Crippen molar-refractivity contribution in [1.29, 1.82) is 0 Å². The first-order valence-electron chi connectivity index (χ1n) is 10.2. The van der Waals surface area contributed by atoms with Crippen LogP contribution in [-0.4, -0.2) is 74.7 Å². The summed E-state index contributed by atoms with van der Waals surface area (Å²) in [7, 11) is 1.98. The van der Waals surface area contributed by atoms with Gasteiger partial charge in [-0.3, -0.25) is 14.4 Å². The van der Waals surface area contributed by atoms with Gasteiger partial charge in [0.05, 0.1) is 16.9 Å². The molecule has 4 rings (SSSR count). The van der Waals surface area contributed by atoms with Crippen molar-refractivity contribution >= 4 is 23.5 Å². The standard InChI is InChI=1S/C20H28ClN7O/c1-14-16(15(2)25(3)24-14)13-26-8-10-27(11-9-26)19(29)18-17(21)12-22-20(23-18)28-6-4-5-7-28/h12H,4-11,13H2,1-3H3. The van der Waals surface area contributed by atoms with Crippen LogP contribution in [0.2, 0.25) is 5.02 Å². The number of rotatable bonds is 4. The molecule has 0 N–H and O–H groups in total. The van der Waals surface area contributed by atoms with Crippen molar-refractivity contribution in [3.8, 4) is 0 Å². The summed E-state index contributed by atoms with van der Waals surface area (Å²) in [4.78, 5) is 28.2. The molecule has 1 amide bonds. The monoisotopic (exact) mass is 417 g/mol. The number of aryl methyl sites for hydroxylation is 2.